The standard InChI is InChI=1S/C49H46BNO2/c1-47(2)45-15-11-10-14-43(45)44-29-28-42(32-46(44)47)51(40-24-19-34(20-25-40)33-12-8-7-9-13-33)41-26-21-35(22-27-41)36-16-17-38-31-39(23-18-37(38)30-36)50-52-48(3,4)49(5,6)53-50/h7-10,12-14,16-32H,11,15H2,1-6H3. The maximum atomic E-state index is 6.34. The van der Waals surface area contributed by atoms with E-state index in [0.717, 1.165) is 29.7 Å². The summed E-state index contributed by atoms with van der Waals surface area (Å²) < 4.78 is 12.7. The summed E-state index contributed by atoms with van der Waals surface area (Å²) in [6, 6.07) is 48.9. The molecule has 9 rings (SSSR count). The van der Waals surface area contributed by atoms with Crippen LogP contribution in [-0.4, -0.2) is 18.3 Å². The van der Waals surface area contributed by atoms with E-state index in [1.807, 2.05) is 0 Å². The average molecular weight is 692 g/mol. The minimum Gasteiger partial charge on any atom is -0.399 e. The molecule has 0 atom stereocenters. The fourth-order valence-corrected chi connectivity index (χ4v) is 8.40. The van der Waals surface area contributed by atoms with E-state index in [4.69, 9.17) is 9.31 Å². The Hall–Kier alpha value is -5.16. The zero-order chi connectivity index (χ0) is 36.5. The first-order valence-corrected chi connectivity index (χ1v) is 19.0. The highest BCUT2D eigenvalue weighted by Crippen LogP contribution is 2.52. The summed E-state index contributed by atoms with van der Waals surface area (Å²) >= 11 is 0. The van der Waals surface area contributed by atoms with Crippen LogP contribution in [0, 0.1) is 0 Å². The fourth-order valence-electron chi connectivity index (χ4n) is 8.40. The number of anilines is 3. The molecular weight excluding hydrogens is 645 g/mol. The second kappa shape index (κ2) is 12.5. The van der Waals surface area contributed by atoms with Crippen molar-refractivity contribution in [3.05, 3.63) is 162 Å². The van der Waals surface area contributed by atoms with Crippen molar-refractivity contribution in [3.8, 4) is 22.3 Å². The van der Waals surface area contributed by atoms with E-state index in [0.29, 0.717) is 0 Å². The summed E-state index contributed by atoms with van der Waals surface area (Å²) in [5.74, 6) is 0. The lowest BCUT2D eigenvalue weighted by atomic mass is 9.78. The van der Waals surface area contributed by atoms with Gasteiger partial charge in [0.1, 0.15) is 0 Å². The van der Waals surface area contributed by atoms with Crippen molar-refractivity contribution in [2.45, 2.75) is 71.0 Å². The predicted molar refractivity (Wildman–Crippen MR) is 224 cm³/mol. The summed E-state index contributed by atoms with van der Waals surface area (Å²) in [5.41, 5.74) is 14.3. The number of benzene rings is 6. The van der Waals surface area contributed by atoms with E-state index < -0.39 is 0 Å². The van der Waals surface area contributed by atoms with Gasteiger partial charge >= 0.3 is 7.12 Å². The molecule has 6 aromatic carbocycles. The SMILES string of the molecule is CC1(C)C2=C(C=CCC2)c2ccc(N(c3ccc(-c4ccccc4)cc3)c3ccc(-c4ccc5cc(B6OC(C)(C)C(C)(C)O6)ccc5c4)cc3)cc21. The number of rotatable bonds is 6. The van der Waals surface area contributed by atoms with E-state index in [1.54, 1.807) is 5.57 Å². The molecule has 0 spiro atoms. The molecule has 0 unspecified atom stereocenters. The number of hydrogen-bond donors (Lipinski definition) is 0. The Morgan fingerprint density at radius 1 is 0.547 bits per heavy atom. The quantitative estimate of drug-likeness (QED) is 0.162. The molecule has 1 aliphatic heterocycles. The molecule has 0 amide bonds. The molecule has 1 heterocycles. The molecule has 0 saturated carbocycles. The maximum absolute atomic E-state index is 6.34. The predicted octanol–water partition coefficient (Wildman–Crippen LogP) is 12.3. The monoisotopic (exact) mass is 691 g/mol. The van der Waals surface area contributed by atoms with Crippen LogP contribution in [0.1, 0.15) is 65.5 Å². The molecule has 2 aliphatic carbocycles. The molecule has 1 saturated heterocycles. The number of fused-ring (bicyclic) bond motifs is 3. The third kappa shape index (κ3) is 5.76. The Bertz CT molecular complexity index is 2400. The molecule has 0 aromatic heterocycles. The van der Waals surface area contributed by atoms with Gasteiger partial charge in [0, 0.05) is 22.5 Å². The van der Waals surface area contributed by atoms with E-state index in [9.17, 15) is 0 Å². The Morgan fingerprint density at radius 2 is 1.11 bits per heavy atom. The first-order chi connectivity index (χ1) is 25.5. The van der Waals surface area contributed by atoms with Gasteiger partial charge in [-0.3, -0.25) is 0 Å². The van der Waals surface area contributed by atoms with Gasteiger partial charge < -0.3 is 14.2 Å². The van der Waals surface area contributed by atoms with Crippen molar-refractivity contribution in [2.75, 3.05) is 4.90 Å². The topological polar surface area (TPSA) is 21.7 Å². The molecule has 3 aliphatic rings. The van der Waals surface area contributed by atoms with Crippen LogP contribution in [0.4, 0.5) is 17.1 Å². The second-order valence-electron chi connectivity index (χ2n) is 16.4. The van der Waals surface area contributed by atoms with Crippen LogP contribution in [0.25, 0.3) is 38.6 Å². The van der Waals surface area contributed by atoms with Gasteiger partial charge in [0.15, 0.2) is 0 Å². The molecule has 0 radical (unpaired) electrons. The van der Waals surface area contributed by atoms with Crippen LogP contribution in [0.3, 0.4) is 0 Å². The Kier molecular flexibility index (Phi) is 7.92. The highest BCUT2D eigenvalue weighted by atomic mass is 16.7. The molecule has 3 nitrogen and oxygen atoms in total. The first-order valence-electron chi connectivity index (χ1n) is 19.0. The smallest absolute Gasteiger partial charge is 0.399 e. The Morgan fingerprint density at radius 3 is 1.79 bits per heavy atom. The van der Waals surface area contributed by atoms with Gasteiger partial charge in [0.25, 0.3) is 0 Å². The van der Waals surface area contributed by atoms with Crippen molar-refractivity contribution >= 4 is 46.0 Å². The normalized spacial score (nSPS) is 18.0. The lowest BCUT2D eigenvalue weighted by Crippen LogP contribution is -2.41. The third-order valence-corrected chi connectivity index (χ3v) is 12.2. The van der Waals surface area contributed by atoms with E-state index in [1.165, 1.54) is 55.4 Å². The Balaban J connectivity index is 1.06. The number of hydrogen-bond acceptors (Lipinski definition) is 3. The van der Waals surface area contributed by atoms with Gasteiger partial charge in [-0.05, 0) is 138 Å². The van der Waals surface area contributed by atoms with Crippen molar-refractivity contribution in [1.29, 1.82) is 0 Å². The van der Waals surface area contributed by atoms with Gasteiger partial charge in [-0.25, -0.2) is 0 Å². The largest absolute Gasteiger partial charge is 0.494 e. The highest BCUT2D eigenvalue weighted by molar-refractivity contribution is 6.62. The number of allylic oxidation sites excluding steroid dienone is 4. The summed E-state index contributed by atoms with van der Waals surface area (Å²) in [6.45, 7) is 13.2. The molecule has 262 valence electrons. The number of nitrogens with zero attached hydrogens (tertiary/aromatic N) is 1. The first kappa shape index (κ1) is 33.7. The van der Waals surface area contributed by atoms with Gasteiger partial charge in [-0.15, -0.1) is 0 Å². The summed E-state index contributed by atoms with van der Waals surface area (Å²) in [5, 5.41) is 2.37. The summed E-state index contributed by atoms with van der Waals surface area (Å²) in [7, 11) is -0.371. The van der Waals surface area contributed by atoms with Gasteiger partial charge in [-0.2, -0.15) is 0 Å². The Labute approximate surface area is 314 Å². The second-order valence-corrected chi connectivity index (χ2v) is 16.4. The van der Waals surface area contributed by atoms with E-state index in [-0.39, 0.29) is 23.7 Å². The van der Waals surface area contributed by atoms with E-state index in [2.05, 4.69) is 192 Å². The molecular formula is C49H46BNO2. The molecule has 53 heavy (non-hydrogen) atoms. The van der Waals surface area contributed by atoms with Crippen LogP contribution in [-0.2, 0) is 14.7 Å². The minimum atomic E-state index is -0.371. The minimum absolute atomic E-state index is 0.000687. The zero-order valence-corrected chi connectivity index (χ0v) is 31.6. The van der Waals surface area contributed by atoms with Gasteiger partial charge in [0.05, 0.1) is 11.2 Å². The molecule has 4 heteroatoms. The van der Waals surface area contributed by atoms with Crippen LogP contribution in [0.5, 0.6) is 0 Å². The summed E-state index contributed by atoms with van der Waals surface area (Å²) in [4.78, 5) is 2.40. The van der Waals surface area contributed by atoms with Crippen molar-refractivity contribution in [1.82, 2.24) is 0 Å². The fraction of sp³-hybridized carbons (Fsp3) is 0.224. The lowest BCUT2D eigenvalue weighted by Gasteiger charge is -2.32. The molecule has 0 bridgehead atoms. The third-order valence-electron chi connectivity index (χ3n) is 12.2. The van der Waals surface area contributed by atoms with E-state index >= 15 is 0 Å². The molecule has 1 fully saturated rings. The van der Waals surface area contributed by atoms with Gasteiger partial charge in [-0.1, -0.05) is 123 Å². The van der Waals surface area contributed by atoms with Gasteiger partial charge in [0.2, 0.25) is 0 Å². The van der Waals surface area contributed by atoms with Crippen LogP contribution < -0.4 is 10.4 Å². The lowest BCUT2D eigenvalue weighted by molar-refractivity contribution is 0.00578. The average Bonchev–Trinajstić information content (AvgIpc) is 3.54. The van der Waals surface area contributed by atoms with Crippen LogP contribution in [0.2, 0.25) is 0 Å². The molecule has 0 N–H and O–H groups in total. The maximum Gasteiger partial charge on any atom is 0.494 e. The van der Waals surface area contributed by atoms with Crippen LogP contribution >= 0.6 is 0 Å². The summed E-state index contributed by atoms with van der Waals surface area (Å²) in [6.07, 6.45) is 6.92. The highest BCUT2D eigenvalue weighted by Gasteiger charge is 2.51. The molecule has 6 aromatic rings. The van der Waals surface area contributed by atoms with Crippen LogP contribution in [0.15, 0.2) is 151 Å². The van der Waals surface area contributed by atoms with Crippen molar-refractivity contribution < 1.29 is 9.31 Å². The zero-order valence-electron chi connectivity index (χ0n) is 31.6. The van der Waals surface area contributed by atoms with Crippen molar-refractivity contribution in [2.24, 2.45) is 0 Å². The van der Waals surface area contributed by atoms with Crippen molar-refractivity contribution in [3.63, 3.8) is 0 Å².